The molecule has 0 aliphatic rings. The summed E-state index contributed by atoms with van der Waals surface area (Å²) >= 11 is 3.34. The van der Waals surface area contributed by atoms with E-state index in [-0.39, 0.29) is 5.69 Å². The zero-order valence-electron chi connectivity index (χ0n) is 7.91. The summed E-state index contributed by atoms with van der Waals surface area (Å²) in [5.74, 6) is 0.607. The fourth-order valence-electron chi connectivity index (χ4n) is 1.29. The number of hydrogen-bond donors (Lipinski definition) is 1. The van der Waals surface area contributed by atoms with Crippen LogP contribution < -0.4 is 16.1 Å². The Morgan fingerprint density at radius 3 is 2.80 bits per heavy atom. The fraction of sp³-hybridized carbons (Fsp3) is 0.100. The Kier molecular flexibility index (Phi) is 2.40. The van der Waals surface area contributed by atoms with Gasteiger partial charge in [-0.15, -0.1) is 0 Å². The lowest BCUT2D eigenvalue weighted by Gasteiger charge is -2.04. The van der Waals surface area contributed by atoms with Gasteiger partial charge in [0.05, 0.1) is 11.6 Å². The molecule has 2 N–H and O–H groups in total. The van der Waals surface area contributed by atoms with Crippen LogP contribution in [0.3, 0.4) is 0 Å². The van der Waals surface area contributed by atoms with Crippen LogP contribution >= 0.6 is 15.9 Å². The first kappa shape index (κ1) is 10.0. The number of halogens is 1. The maximum Gasteiger partial charge on any atom is 0.359 e. The molecule has 0 saturated heterocycles. The standard InChI is InChI=1S/C10H8BrNO3/c1-14-9-4-8-5(2-6(9)11)3-7(12)10(13)15-8/h2-4H,12H2,1H3. The van der Waals surface area contributed by atoms with E-state index in [0.29, 0.717) is 11.3 Å². The summed E-state index contributed by atoms with van der Waals surface area (Å²) in [4.78, 5) is 11.2. The Labute approximate surface area is 93.8 Å². The Morgan fingerprint density at radius 1 is 1.40 bits per heavy atom. The van der Waals surface area contributed by atoms with Crippen molar-refractivity contribution < 1.29 is 9.15 Å². The second-order valence-corrected chi connectivity index (χ2v) is 3.87. The van der Waals surface area contributed by atoms with E-state index in [4.69, 9.17) is 14.9 Å². The van der Waals surface area contributed by atoms with E-state index < -0.39 is 5.63 Å². The number of nitrogens with two attached hydrogens (primary N) is 1. The van der Waals surface area contributed by atoms with Gasteiger partial charge in [0.15, 0.2) is 0 Å². The maximum atomic E-state index is 11.2. The van der Waals surface area contributed by atoms with Crippen molar-refractivity contribution in [1.82, 2.24) is 0 Å². The quantitative estimate of drug-likeness (QED) is 0.806. The number of ether oxygens (including phenoxy) is 1. The molecule has 0 radical (unpaired) electrons. The van der Waals surface area contributed by atoms with Crippen molar-refractivity contribution in [3.05, 3.63) is 33.1 Å². The molecule has 2 rings (SSSR count). The van der Waals surface area contributed by atoms with Crippen molar-refractivity contribution in [3.63, 3.8) is 0 Å². The summed E-state index contributed by atoms with van der Waals surface area (Å²) in [5, 5.41) is 0.750. The van der Waals surface area contributed by atoms with Crippen molar-refractivity contribution in [2.24, 2.45) is 0 Å². The highest BCUT2D eigenvalue weighted by Crippen LogP contribution is 2.30. The van der Waals surface area contributed by atoms with Crippen LogP contribution in [0, 0.1) is 0 Å². The Bertz CT molecular complexity index is 577. The Balaban J connectivity index is 2.82. The summed E-state index contributed by atoms with van der Waals surface area (Å²) < 4.78 is 10.9. The van der Waals surface area contributed by atoms with Crippen LogP contribution in [-0.2, 0) is 0 Å². The van der Waals surface area contributed by atoms with Gasteiger partial charge in [0.2, 0.25) is 0 Å². The molecule has 0 amide bonds. The van der Waals surface area contributed by atoms with Gasteiger partial charge in [-0.3, -0.25) is 0 Å². The highest BCUT2D eigenvalue weighted by molar-refractivity contribution is 9.10. The molecule has 78 valence electrons. The monoisotopic (exact) mass is 269 g/mol. The van der Waals surface area contributed by atoms with Crippen molar-refractivity contribution in [2.75, 3.05) is 12.8 Å². The fourth-order valence-corrected chi connectivity index (χ4v) is 1.82. The maximum absolute atomic E-state index is 11.2. The summed E-state index contributed by atoms with van der Waals surface area (Å²) in [5.41, 5.74) is 5.47. The first-order valence-corrected chi connectivity index (χ1v) is 4.98. The van der Waals surface area contributed by atoms with Gasteiger partial charge in [0, 0.05) is 11.5 Å². The molecule has 1 aromatic carbocycles. The molecule has 0 aliphatic carbocycles. The number of rotatable bonds is 1. The molecular formula is C10H8BrNO3. The highest BCUT2D eigenvalue weighted by atomic mass is 79.9. The SMILES string of the molecule is COc1cc2oc(=O)c(N)cc2cc1Br. The first-order valence-electron chi connectivity index (χ1n) is 4.18. The molecule has 0 bridgehead atoms. The second-order valence-electron chi connectivity index (χ2n) is 3.01. The third-order valence-corrected chi connectivity index (χ3v) is 2.65. The average molecular weight is 270 g/mol. The Hall–Kier alpha value is -1.49. The van der Waals surface area contributed by atoms with Crippen LogP contribution in [0.1, 0.15) is 0 Å². The smallest absolute Gasteiger partial charge is 0.359 e. The minimum Gasteiger partial charge on any atom is -0.495 e. The molecular weight excluding hydrogens is 262 g/mol. The third-order valence-electron chi connectivity index (χ3n) is 2.03. The van der Waals surface area contributed by atoms with Crippen molar-refractivity contribution in [1.29, 1.82) is 0 Å². The van der Waals surface area contributed by atoms with E-state index in [9.17, 15) is 4.79 Å². The molecule has 0 fully saturated rings. The zero-order chi connectivity index (χ0) is 11.0. The number of nitrogen functional groups attached to an aromatic ring is 1. The Morgan fingerprint density at radius 2 is 2.13 bits per heavy atom. The van der Waals surface area contributed by atoms with Crippen molar-refractivity contribution >= 4 is 32.6 Å². The second kappa shape index (κ2) is 3.58. The molecule has 0 aliphatic heterocycles. The van der Waals surface area contributed by atoms with E-state index in [1.807, 2.05) is 0 Å². The normalized spacial score (nSPS) is 10.5. The van der Waals surface area contributed by atoms with Crippen LogP contribution in [-0.4, -0.2) is 7.11 Å². The first-order chi connectivity index (χ1) is 7.11. The van der Waals surface area contributed by atoms with Gasteiger partial charge in [0.25, 0.3) is 0 Å². The molecule has 15 heavy (non-hydrogen) atoms. The van der Waals surface area contributed by atoms with Crippen molar-refractivity contribution in [3.8, 4) is 5.75 Å². The topological polar surface area (TPSA) is 65.5 Å². The lowest BCUT2D eigenvalue weighted by atomic mass is 10.2. The number of benzene rings is 1. The van der Waals surface area contributed by atoms with Crippen LogP contribution in [0.4, 0.5) is 5.69 Å². The molecule has 0 saturated carbocycles. The van der Waals surface area contributed by atoms with Gasteiger partial charge in [-0.25, -0.2) is 4.79 Å². The molecule has 0 spiro atoms. The van der Waals surface area contributed by atoms with Crippen molar-refractivity contribution in [2.45, 2.75) is 0 Å². The summed E-state index contributed by atoms with van der Waals surface area (Å²) in [6.07, 6.45) is 0. The summed E-state index contributed by atoms with van der Waals surface area (Å²) in [6, 6.07) is 5.00. The largest absolute Gasteiger partial charge is 0.495 e. The number of fused-ring (bicyclic) bond motifs is 1. The van der Waals surface area contributed by atoms with E-state index in [2.05, 4.69) is 15.9 Å². The lowest BCUT2D eigenvalue weighted by Crippen LogP contribution is -2.05. The van der Waals surface area contributed by atoms with Gasteiger partial charge in [-0.05, 0) is 28.1 Å². The molecule has 2 aromatic rings. The summed E-state index contributed by atoms with van der Waals surface area (Å²) in [6.45, 7) is 0. The van der Waals surface area contributed by atoms with E-state index in [1.165, 1.54) is 0 Å². The van der Waals surface area contributed by atoms with Gasteiger partial charge in [0.1, 0.15) is 17.0 Å². The molecule has 1 aromatic heterocycles. The van der Waals surface area contributed by atoms with E-state index in [1.54, 1.807) is 25.3 Å². The molecule has 5 heteroatoms. The number of anilines is 1. The highest BCUT2D eigenvalue weighted by Gasteiger charge is 2.06. The summed E-state index contributed by atoms with van der Waals surface area (Å²) in [7, 11) is 1.54. The van der Waals surface area contributed by atoms with Gasteiger partial charge in [-0.1, -0.05) is 0 Å². The molecule has 0 unspecified atom stereocenters. The van der Waals surface area contributed by atoms with Gasteiger partial charge < -0.3 is 14.9 Å². The lowest BCUT2D eigenvalue weighted by molar-refractivity contribution is 0.411. The number of hydrogen-bond acceptors (Lipinski definition) is 4. The van der Waals surface area contributed by atoms with Gasteiger partial charge >= 0.3 is 5.63 Å². The third kappa shape index (κ3) is 1.70. The molecule has 1 heterocycles. The predicted octanol–water partition coefficient (Wildman–Crippen LogP) is 2.15. The van der Waals surface area contributed by atoms with Crippen LogP contribution in [0.2, 0.25) is 0 Å². The van der Waals surface area contributed by atoms with Gasteiger partial charge in [-0.2, -0.15) is 0 Å². The van der Waals surface area contributed by atoms with E-state index >= 15 is 0 Å². The van der Waals surface area contributed by atoms with Crippen LogP contribution in [0.15, 0.2) is 31.9 Å². The van der Waals surface area contributed by atoms with E-state index in [0.717, 1.165) is 9.86 Å². The van der Waals surface area contributed by atoms with Crippen LogP contribution in [0.5, 0.6) is 5.75 Å². The molecule has 0 atom stereocenters. The molecule has 4 nitrogen and oxygen atoms in total. The zero-order valence-corrected chi connectivity index (χ0v) is 9.50. The number of methoxy groups -OCH3 is 1. The van der Waals surface area contributed by atoms with Crippen LogP contribution in [0.25, 0.3) is 11.0 Å². The predicted molar refractivity (Wildman–Crippen MR) is 61.1 cm³/mol. The minimum atomic E-state index is -0.535. The average Bonchev–Trinajstić information content (AvgIpc) is 2.20. The minimum absolute atomic E-state index is 0.0968.